The summed E-state index contributed by atoms with van der Waals surface area (Å²) in [5, 5.41) is 13.5. The third-order valence-electron chi connectivity index (χ3n) is 5.77. The second-order valence-corrected chi connectivity index (χ2v) is 7.74. The van der Waals surface area contributed by atoms with Crippen molar-refractivity contribution in [3.05, 3.63) is 0 Å². The lowest BCUT2D eigenvalue weighted by atomic mass is 9.86. The number of rotatable bonds is 9. The summed E-state index contributed by atoms with van der Waals surface area (Å²) in [4.78, 5) is 2.63. The fraction of sp³-hybridized carbons (Fsp3) is 1.00. The Kier molecular flexibility index (Phi) is 6.51. The lowest BCUT2D eigenvalue weighted by Gasteiger charge is -2.36. The van der Waals surface area contributed by atoms with Gasteiger partial charge in [0.1, 0.15) is 0 Å². The van der Waals surface area contributed by atoms with Gasteiger partial charge in [-0.25, -0.2) is 0 Å². The van der Waals surface area contributed by atoms with Crippen LogP contribution in [0.2, 0.25) is 0 Å². The summed E-state index contributed by atoms with van der Waals surface area (Å²) >= 11 is 0. The van der Waals surface area contributed by atoms with Crippen molar-refractivity contribution in [3.8, 4) is 0 Å². The van der Waals surface area contributed by atoms with Gasteiger partial charge in [-0.2, -0.15) is 0 Å². The minimum absolute atomic E-state index is 0.0164. The molecule has 1 unspecified atom stereocenters. The third-order valence-corrected chi connectivity index (χ3v) is 5.77. The fourth-order valence-electron chi connectivity index (χ4n) is 3.73. The number of aliphatic hydroxyl groups excluding tert-OH is 1. The minimum Gasteiger partial charge on any atom is -0.394 e. The molecule has 0 spiro atoms. The topological polar surface area (TPSA) is 35.5 Å². The van der Waals surface area contributed by atoms with Crippen LogP contribution in [0.15, 0.2) is 0 Å². The summed E-state index contributed by atoms with van der Waals surface area (Å²) in [6, 6.07) is 0.680. The monoisotopic (exact) mass is 296 g/mol. The Balaban J connectivity index is 1.68. The maximum Gasteiger partial charge on any atom is 0.0613 e. The highest BCUT2D eigenvalue weighted by atomic mass is 16.3. The SMILES string of the molecule is CCC(CO)(CCCN1CCC(C(C)C)CC1)NC1CC1. The molecule has 1 atom stereocenters. The van der Waals surface area contributed by atoms with Crippen molar-refractivity contribution >= 4 is 0 Å². The van der Waals surface area contributed by atoms with Crippen LogP contribution in [-0.4, -0.2) is 47.8 Å². The molecule has 3 nitrogen and oxygen atoms in total. The average molecular weight is 296 g/mol. The molecule has 1 heterocycles. The highest BCUT2D eigenvalue weighted by Gasteiger charge is 2.34. The summed E-state index contributed by atoms with van der Waals surface area (Å²) in [6.45, 7) is 11.0. The Labute approximate surface area is 131 Å². The molecule has 1 saturated carbocycles. The van der Waals surface area contributed by atoms with Crippen molar-refractivity contribution in [2.75, 3.05) is 26.2 Å². The van der Waals surface area contributed by atoms with Crippen molar-refractivity contribution < 1.29 is 5.11 Å². The number of aliphatic hydroxyl groups is 1. The molecule has 0 amide bonds. The van der Waals surface area contributed by atoms with Gasteiger partial charge >= 0.3 is 0 Å². The van der Waals surface area contributed by atoms with Crippen LogP contribution in [0.4, 0.5) is 0 Å². The summed E-state index contributed by atoms with van der Waals surface area (Å²) in [6.07, 6.45) is 8.69. The first-order valence-electron chi connectivity index (χ1n) is 9.19. The zero-order valence-electron chi connectivity index (χ0n) is 14.4. The van der Waals surface area contributed by atoms with Gasteiger partial charge in [0.05, 0.1) is 6.61 Å². The van der Waals surface area contributed by atoms with E-state index in [0.717, 1.165) is 24.7 Å². The van der Waals surface area contributed by atoms with E-state index < -0.39 is 0 Å². The van der Waals surface area contributed by atoms with E-state index in [0.29, 0.717) is 6.04 Å². The van der Waals surface area contributed by atoms with E-state index in [2.05, 4.69) is 31.0 Å². The van der Waals surface area contributed by atoms with Gasteiger partial charge in [-0.05, 0) is 76.4 Å². The molecule has 124 valence electrons. The molecule has 0 aromatic heterocycles. The first kappa shape index (κ1) is 17.2. The molecule has 1 saturated heterocycles. The van der Waals surface area contributed by atoms with Crippen molar-refractivity contribution in [3.63, 3.8) is 0 Å². The smallest absolute Gasteiger partial charge is 0.0613 e. The lowest BCUT2D eigenvalue weighted by Crippen LogP contribution is -2.49. The highest BCUT2D eigenvalue weighted by Crippen LogP contribution is 2.28. The Morgan fingerprint density at radius 1 is 1.19 bits per heavy atom. The number of hydrogen-bond donors (Lipinski definition) is 2. The maximum absolute atomic E-state index is 9.81. The van der Waals surface area contributed by atoms with Crippen LogP contribution in [-0.2, 0) is 0 Å². The number of nitrogens with zero attached hydrogens (tertiary/aromatic N) is 1. The molecule has 3 heteroatoms. The van der Waals surface area contributed by atoms with Gasteiger partial charge < -0.3 is 15.3 Å². The van der Waals surface area contributed by atoms with Crippen LogP contribution in [0.25, 0.3) is 0 Å². The van der Waals surface area contributed by atoms with Crippen LogP contribution >= 0.6 is 0 Å². The second kappa shape index (κ2) is 7.94. The van der Waals surface area contributed by atoms with Crippen molar-refractivity contribution in [1.29, 1.82) is 0 Å². The zero-order valence-corrected chi connectivity index (χ0v) is 14.4. The van der Waals surface area contributed by atoms with E-state index in [9.17, 15) is 5.11 Å². The van der Waals surface area contributed by atoms with Crippen LogP contribution in [0.5, 0.6) is 0 Å². The van der Waals surface area contributed by atoms with E-state index in [-0.39, 0.29) is 12.1 Å². The van der Waals surface area contributed by atoms with Crippen LogP contribution in [0.1, 0.15) is 65.7 Å². The Hall–Kier alpha value is -0.120. The summed E-state index contributed by atoms with van der Waals surface area (Å²) in [7, 11) is 0. The molecular weight excluding hydrogens is 260 g/mol. The molecule has 2 aliphatic rings. The van der Waals surface area contributed by atoms with Gasteiger partial charge in [-0.1, -0.05) is 20.8 Å². The molecule has 0 aromatic rings. The quantitative estimate of drug-likeness (QED) is 0.686. The second-order valence-electron chi connectivity index (χ2n) is 7.74. The molecule has 1 aliphatic heterocycles. The van der Waals surface area contributed by atoms with E-state index >= 15 is 0 Å². The summed E-state index contributed by atoms with van der Waals surface area (Å²) < 4.78 is 0. The number of hydrogen-bond acceptors (Lipinski definition) is 3. The molecule has 2 rings (SSSR count). The van der Waals surface area contributed by atoms with Gasteiger partial charge in [0.25, 0.3) is 0 Å². The first-order chi connectivity index (χ1) is 10.1. The Bertz CT molecular complexity index is 290. The molecule has 0 radical (unpaired) electrons. The summed E-state index contributed by atoms with van der Waals surface area (Å²) in [5.41, 5.74) is -0.0164. The van der Waals surface area contributed by atoms with E-state index in [4.69, 9.17) is 0 Å². The van der Waals surface area contributed by atoms with Crippen molar-refractivity contribution in [2.45, 2.75) is 77.3 Å². The number of likely N-dealkylation sites (tertiary alicyclic amines) is 1. The van der Waals surface area contributed by atoms with Crippen LogP contribution < -0.4 is 5.32 Å². The Morgan fingerprint density at radius 3 is 2.33 bits per heavy atom. The van der Waals surface area contributed by atoms with Crippen LogP contribution in [0.3, 0.4) is 0 Å². The Morgan fingerprint density at radius 2 is 1.86 bits per heavy atom. The number of piperidine rings is 1. The predicted octanol–water partition coefficient (Wildman–Crippen LogP) is 3.03. The van der Waals surface area contributed by atoms with E-state index in [1.807, 2.05) is 0 Å². The number of nitrogens with one attached hydrogen (secondary N) is 1. The average Bonchev–Trinajstić information content (AvgIpc) is 3.30. The van der Waals surface area contributed by atoms with E-state index in [1.165, 1.54) is 51.7 Å². The van der Waals surface area contributed by atoms with Gasteiger partial charge in [0, 0.05) is 11.6 Å². The third kappa shape index (κ3) is 5.22. The van der Waals surface area contributed by atoms with Gasteiger partial charge in [-0.15, -0.1) is 0 Å². The van der Waals surface area contributed by atoms with E-state index in [1.54, 1.807) is 0 Å². The molecule has 21 heavy (non-hydrogen) atoms. The normalized spacial score (nSPS) is 24.4. The standard InChI is InChI=1S/C18H36N2O/c1-4-18(14-21,19-17-6-7-17)10-5-11-20-12-8-16(9-13-20)15(2)3/h15-17,19,21H,4-14H2,1-3H3. The molecule has 2 fully saturated rings. The molecular formula is C18H36N2O. The highest BCUT2D eigenvalue weighted by molar-refractivity contribution is 4.94. The summed E-state index contributed by atoms with van der Waals surface area (Å²) in [5.74, 6) is 1.78. The van der Waals surface area contributed by atoms with Gasteiger partial charge in [0.15, 0.2) is 0 Å². The molecule has 2 N–H and O–H groups in total. The van der Waals surface area contributed by atoms with Crippen molar-refractivity contribution in [1.82, 2.24) is 10.2 Å². The first-order valence-corrected chi connectivity index (χ1v) is 9.19. The van der Waals surface area contributed by atoms with Crippen molar-refractivity contribution in [2.24, 2.45) is 11.8 Å². The maximum atomic E-state index is 9.81. The van der Waals surface area contributed by atoms with Gasteiger partial charge in [0.2, 0.25) is 0 Å². The zero-order chi connectivity index (χ0) is 15.3. The van der Waals surface area contributed by atoms with Gasteiger partial charge in [-0.3, -0.25) is 0 Å². The largest absolute Gasteiger partial charge is 0.394 e. The minimum atomic E-state index is -0.0164. The fourth-order valence-corrected chi connectivity index (χ4v) is 3.73. The predicted molar refractivity (Wildman–Crippen MR) is 89.5 cm³/mol. The molecule has 0 aromatic carbocycles. The molecule has 1 aliphatic carbocycles. The lowest BCUT2D eigenvalue weighted by molar-refractivity contribution is 0.124. The van der Waals surface area contributed by atoms with Crippen LogP contribution in [0, 0.1) is 11.8 Å². The molecule has 0 bridgehead atoms.